The van der Waals surface area contributed by atoms with Crippen LogP contribution in [0.25, 0.3) is 0 Å². The number of hydrogen-bond donors (Lipinski definition) is 0. The molecule has 1 fully saturated rings. The molecule has 2 aliphatic rings. The zero-order valence-electron chi connectivity index (χ0n) is 19.2. The maximum atomic E-state index is 13.5. The number of imide groups is 1. The first-order chi connectivity index (χ1) is 15.3. The molecule has 0 N–H and O–H groups in total. The molecule has 1 aromatic heterocycles. The van der Waals surface area contributed by atoms with Gasteiger partial charge in [0.1, 0.15) is 5.69 Å². The topological polar surface area (TPSA) is 83.0 Å². The van der Waals surface area contributed by atoms with Crippen LogP contribution >= 0.6 is 0 Å². The van der Waals surface area contributed by atoms with Gasteiger partial charge in [0.25, 0.3) is 5.91 Å². The Bertz CT molecular complexity index is 1130. The van der Waals surface area contributed by atoms with Crippen LogP contribution in [0.2, 0.25) is 0 Å². The maximum Gasteiger partial charge on any atom is 0.421 e. The van der Waals surface area contributed by atoms with Gasteiger partial charge in [-0.2, -0.15) is 0 Å². The zero-order chi connectivity index (χ0) is 23.0. The van der Waals surface area contributed by atoms with E-state index in [1.165, 1.54) is 9.80 Å². The van der Waals surface area contributed by atoms with Gasteiger partial charge in [-0.3, -0.25) is 14.6 Å². The van der Waals surface area contributed by atoms with Crippen molar-refractivity contribution in [3.05, 3.63) is 52.8 Å². The molecule has 3 heterocycles. The average molecular weight is 438 g/mol. The molecule has 0 spiro atoms. The Morgan fingerprint density at radius 3 is 2.59 bits per heavy atom. The summed E-state index contributed by atoms with van der Waals surface area (Å²) in [6, 6.07) is 9.01. The van der Waals surface area contributed by atoms with Gasteiger partial charge in [-0.05, 0) is 39.3 Å². The number of fused-ring (bicyclic) bond motifs is 1. The summed E-state index contributed by atoms with van der Waals surface area (Å²) in [5.74, 6) is 0.662. The molecular weight excluding hydrogens is 408 g/mol. The van der Waals surface area contributed by atoms with Gasteiger partial charge in [0.05, 0.1) is 25.4 Å². The highest BCUT2D eigenvalue weighted by atomic mass is 16.5. The zero-order valence-corrected chi connectivity index (χ0v) is 19.2. The number of benzene rings is 1. The molecule has 168 valence electrons. The third kappa shape index (κ3) is 3.84. The van der Waals surface area contributed by atoms with Crippen molar-refractivity contribution >= 4 is 23.7 Å². The Balaban J connectivity index is 1.80. The van der Waals surface area contributed by atoms with Gasteiger partial charge in [0, 0.05) is 13.7 Å². The molecule has 0 bridgehead atoms. The molecule has 9 nitrogen and oxygen atoms in total. The van der Waals surface area contributed by atoms with Crippen molar-refractivity contribution in [3.8, 4) is 0 Å². The number of rotatable bonds is 6. The number of nitrogens with zero attached hydrogens (tertiary/aromatic N) is 6. The molecule has 1 saturated heterocycles. The van der Waals surface area contributed by atoms with Crippen molar-refractivity contribution in [1.82, 2.24) is 19.6 Å². The second kappa shape index (κ2) is 8.66. The number of urea groups is 1. The van der Waals surface area contributed by atoms with E-state index < -0.39 is 12.1 Å². The summed E-state index contributed by atoms with van der Waals surface area (Å²) in [7, 11) is 1.66. The van der Waals surface area contributed by atoms with Gasteiger partial charge >= 0.3 is 12.0 Å². The van der Waals surface area contributed by atoms with Crippen molar-refractivity contribution in [2.24, 2.45) is 4.99 Å². The van der Waals surface area contributed by atoms with Crippen LogP contribution in [-0.2, 0) is 16.1 Å². The Morgan fingerprint density at radius 2 is 1.94 bits per heavy atom. The summed E-state index contributed by atoms with van der Waals surface area (Å²) in [5, 5.41) is 4.59. The number of ether oxygens (including phenoxy) is 1. The number of aromatic nitrogens is 2. The predicted octanol–water partition coefficient (Wildman–Crippen LogP) is 1.94. The number of aliphatic imine (C=N–C) groups is 1. The van der Waals surface area contributed by atoms with Gasteiger partial charge in [-0.1, -0.05) is 34.8 Å². The number of amides is 3. The highest BCUT2D eigenvalue weighted by Crippen LogP contribution is 2.23. The largest absolute Gasteiger partial charge is 0.421 e. The SMILES string of the molecule is CCOCCN1C(=O)C2C(=NC(n3nc(C)cc3C)=[N+]2Cc2cccc(C)c2)N(C)C1=O. The first kappa shape index (κ1) is 21.9. The third-order valence-corrected chi connectivity index (χ3v) is 5.69. The van der Waals surface area contributed by atoms with E-state index in [1.807, 2.05) is 56.5 Å². The first-order valence-corrected chi connectivity index (χ1v) is 10.8. The van der Waals surface area contributed by atoms with E-state index in [-0.39, 0.29) is 12.5 Å². The lowest BCUT2D eigenvalue weighted by Gasteiger charge is -2.34. The van der Waals surface area contributed by atoms with E-state index in [0.717, 1.165) is 22.5 Å². The highest BCUT2D eigenvalue weighted by molar-refractivity contribution is 6.23. The van der Waals surface area contributed by atoms with Crippen molar-refractivity contribution in [2.75, 3.05) is 26.8 Å². The Kier molecular flexibility index (Phi) is 5.92. The number of amidine groups is 1. The van der Waals surface area contributed by atoms with E-state index in [0.29, 0.717) is 31.6 Å². The molecule has 2 aromatic rings. The van der Waals surface area contributed by atoms with Crippen LogP contribution in [0.4, 0.5) is 4.79 Å². The Labute approximate surface area is 187 Å². The third-order valence-electron chi connectivity index (χ3n) is 5.69. The lowest BCUT2D eigenvalue weighted by Crippen LogP contribution is -2.63. The molecular formula is C23H29N6O3+. The lowest BCUT2D eigenvalue weighted by molar-refractivity contribution is -0.553. The minimum Gasteiger partial charge on any atom is -0.380 e. The van der Waals surface area contributed by atoms with E-state index in [9.17, 15) is 9.59 Å². The Morgan fingerprint density at radius 1 is 1.16 bits per heavy atom. The van der Waals surface area contributed by atoms with Gasteiger partial charge in [0.2, 0.25) is 11.9 Å². The number of hydrogen-bond acceptors (Lipinski definition) is 5. The van der Waals surface area contributed by atoms with Crippen LogP contribution < -0.4 is 0 Å². The highest BCUT2D eigenvalue weighted by Gasteiger charge is 2.53. The molecule has 0 aliphatic carbocycles. The van der Waals surface area contributed by atoms with Crippen molar-refractivity contribution < 1.29 is 18.9 Å². The quantitative estimate of drug-likeness (QED) is 0.511. The van der Waals surface area contributed by atoms with Gasteiger partial charge < -0.3 is 4.74 Å². The summed E-state index contributed by atoms with van der Waals surface area (Å²) in [5.41, 5.74) is 3.95. The van der Waals surface area contributed by atoms with E-state index in [1.54, 1.807) is 11.7 Å². The molecule has 2 aliphatic heterocycles. The molecule has 1 unspecified atom stereocenters. The smallest absolute Gasteiger partial charge is 0.380 e. The van der Waals surface area contributed by atoms with Crippen molar-refractivity contribution in [3.63, 3.8) is 0 Å². The van der Waals surface area contributed by atoms with Crippen LogP contribution in [-0.4, -0.2) is 80.7 Å². The number of carbonyl (C=O) groups is 2. The predicted molar refractivity (Wildman–Crippen MR) is 120 cm³/mol. The molecule has 1 aromatic carbocycles. The van der Waals surface area contributed by atoms with Crippen LogP contribution in [0, 0.1) is 20.8 Å². The van der Waals surface area contributed by atoms with E-state index in [4.69, 9.17) is 9.73 Å². The number of carbonyl (C=O) groups excluding carboxylic acids is 2. The molecule has 0 radical (unpaired) electrons. The summed E-state index contributed by atoms with van der Waals surface area (Å²) >= 11 is 0. The van der Waals surface area contributed by atoms with Gasteiger partial charge in [-0.15, -0.1) is 9.78 Å². The summed E-state index contributed by atoms with van der Waals surface area (Å²) in [6.07, 6.45) is 0. The fourth-order valence-corrected chi connectivity index (χ4v) is 4.18. The van der Waals surface area contributed by atoms with Crippen LogP contribution in [0.5, 0.6) is 0 Å². The fourth-order valence-electron chi connectivity index (χ4n) is 4.18. The second-order valence-corrected chi connectivity index (χ2v) is 8.16. The van der Waals surface area contributed by atoms with Gasteiger partial charge in [-0.25, -0.2) is 9.37 Å². The van der Waals surface area contributed by atoms with E-state index >= 15 is 0 Å². The molecule has 3 amide bonds. The molecule has 4 rings (SSSR count). The van der Waals surface area contributed by atoms with Crippen LogP contribution in [0.3, 0.4) is 0 Å². The first-order valence-electron chi connectivity index (χ1n) is 10.8. The van der Waals surface area contributed by atoms with Crippen molar-refractivity contribution in [2.45, 2.75) is 40.3 Å². The van der Waals surface area contributed by atoms with Gasteiger partial charge in [0.15, 0.2) is 0 Å². The van der Waals surface area contributed by atoms with Crippen molar-refractivity contribution in [1.29, 1.82) is 0 Å². The normalized spacial score (nSPS) is 18.5. The molecule has 1 atom stereocenters. The minimum absolute atomic E-state index is 0.202. The second-order valence-electron chi connectivity index (χ2n) is 8.16. The maximum absolute atomic E-state index is 13.5. The Hall–Kier alpha value is -3.33. The number of likely N-dealkylation sites (N-methyl/N-ethyl adjacent to an activating group) is 1. The monoisotopic (exact) mass is 437 g/mol. The number of aryl methyl sites for hydroxylation is 3. The van der Waals surface area contributed by atoms with E-state index in [2.05, 4.69) is 11.2 Å². The molecule has 0 saturated carbocycles. The lowest BCUT2D eigenvalue weighted by atomic mass is 10.1. The molecule has 32 heavy (non-hydrogen) atoms. The average Bonchev–Trinajstić information content (AvgIpc) is 3.28. The standard InChI is InChI=1S/C23H29N6O3/c1-6-32-11-10-27-21(30)19-20(26(5)23(27)31)24-22(29-17(4)13-16(3)25-29)28(19)14-18-9-7-8-15(2)12-18/h7-9,12-13,19H,6,10-11,14H2,1-5H3/q+1. The summed E-state index contributed by atoms with van der Waals surface area (Å²) in [4.78, 5) is 34.0. The summed E-state index contributed by atoms with van der Waals surface area (Å²) < 4.78 is 9.07. The van der Waals surface area contributed by atoms with Crippen LogP contribution in [0.1, 0.15) is 29.4 Å². The summed E-state index contributed by atoms with van der Waals surface area (Å²) in [6.45, 7) is 9.27. The molecule has 9 heteroatoms. The minimum atomic E-state index is -0.709. The van der Waals surface area contributed by atoms with Crippen LogP contribution in [0.15, 0.2) is 35.3 Å². The fraction of sp³-hybridized carbons (Fsp3) is 0.435.